The van der Waals surface area contributed by atoms with Gasteiger partial charge in [0, 0.05) is 11.1 Å². The first kappa shape index (κ1) is 16.2. The van der Waals surface area contributed by atoms with E-state index in [0.717, 1.165) is 33.7 Å². The van der Waals surface area contributed by atoms with Gasteiger partial charge in [0.2, 0.25) is 0 Å². The molecule has 4 nitrogen and oxygen atoms in total. The van der Waals surface area contributed by atoms with Gasteiger partial charge < -0.3 is 4.74 Å². The third-order valence-corrected chi connectivity index (χ3v) is 4.61. The molecular formula is C19H17NO3S. The molecule has 0 spiro atoms. The minimum absolute atomic E-state index is 0.0454. The molecule has 0 fully saturated rings. The molecular weight excluding hydrogens is 322 g/mol. The number of carbonyl (C=O) groups excluding carboxylic acids is 1. The molecule has 0 saturated heterocycles. The number of esters is 1. The topological polar surface area (TPSA) is 48.3 Å². The van der Waals surface area contributed by atoms with E-state index < -0.39 is 5.97 Å². The van der Waals surface area contributed by atoms with Gasteiger partial charge >= 0.3 is 10.8 Å². The Morgan fingerprint density at radius 3 is 2.33 bits per heavy atom. The van der Waals surface area contributed by atoms with Crippen LogP contribution >= 0.6 is 11.3 Å². The maximum absolute atomic E-state index is 11.9. The molecule has 0 aliphatic carbocycles. The molecule has 0 saturated carbocycles. The van der Waals surface area contributed by atoms with Gasteiger partial charge in [0.25, 0.3) is 0 Å². The van der Waals surface area contributed by atoms with Crippen molar-refractivity contribution in [1.82, 2.24) is 4.57 Å². The molecule has 122 valence electrons. The second kappa shape index (κ2) is 7.27. The summed E-state index contributed by atoms with van der Waals surface area (Å²) in [6.07, 6.45) is 0. The van der Waals surface area contributed by atoms with Crippen LogP contribution in [0.2, 0.25) is 0 Å². The van der Waals surface area contributed by atoms with Gasteiger partial charge in [-0.25, -0.2) is 0 Å². The summed E-state index contributed by atoms with van der Waals surface area (Å²) < 4.78 is 6.69. The molecule has 0 aliphatic rings. The van der Waals surface area contributed by atoms with Crippen LogP contribution in [0.1, 0.15) is 11.3 Å². The molecule has 2 aromatic carbocycles. The van der Waals surface area contributed by atoms with Crippen LogP contribution in [0.5, 0.6) is 0 Å². The highest BCUT2D eigenvalue weighted by atomic mass is 32.1. The number of nitrogens with zero attached hydrogens (tertiary/aromatic N) is 1. The number of aromatic nitrogens is 1. The molecule has 24 heavy (non-hydrogen) atoms. The van der Waals surface area contributed by atoms with Crippen molar-refractivity contribution in [2.75, 3.05) is 0 Å². The maximum atomic E-state index is 11.9. The van der Waals surface area contributed by atoms with Crippen molar-refractivity contribution < 1.29 is 9.53 Å². The quantitative estimate of drug-likeness (QED) is 0.667. The Hall–Kier alpha value is -2.66. The fourth-order valence-electron chi connectivity index (χ4n) is 2.36. The zero-order valence-electron chi connectivity index (χ0n) is 13.3. The summed E-state index contributed by atoms with van der Waals surface area (Å²) in [7, 11) is 0. The van der Waals surface area contributed by atoms with Gasteiger partial charge in [0.1, 0.15) is 13.2 Å². The molecule has 0 radical (unpaired) electrons. The van der Waals surface area contributed by atoms with E-state index in [9.17, 15) is 9.59 Å². The first-order chi connectivity index (χ1) is 11.6. The number of thiazole rings is 1. The van der Waals surface area contributed by atoms with Gasteiger partial charge in [0.05, 0.1) is 0 Å². The van der Waals surface area contributed by atoms with Gasteiger partial charge in [-0.2, -0.15) is 0 Å². The second-order valence-electron chi connectivity index (χ2n) is 5.45. The number of hydrogen-bond donors (Lipinski definition) is 0. The van der Waals surface area contributed by atoms with Gasteiger partial charge in [-0.15, -0.1) is 0 Å². The molecule has 0 aliphatic heterocycles. The van der Waals surface area contributed by atoms with E-state index in [0.29, 0.717) is 0 Å². The van der Waals surface area contributed by atoms with E-state index in [1.165, 1.54) is 4.57 Å². The summed E-state index contributed by atoms with van der Waals surface area (Å²) in [6, 6.07) is 18.0. The molecule has 0 amide bonds. The summed E-state index contributed by atoms with van der Waals surface area (Å²) in [4.78, 5) is 23.4. The highest BCUT2D eigenvalue weighted by Crippen LogP contribution is 2.19. The zero-order chi connectivity index (χ0) is 16.9. The smallest absolute Gasteiger partial charge is 0.326 e. The number of carbonyl (C=O) groups is 1. The highest BCUT2D eigenvalue weighted by molar-refractivity contribution is 7.07. The van der Waals surface area contributed by atoms with Crippen LogP contribution in [0.3, 0.4) is 0 Å². The molecule has 3 rings (SSSR count). The Morgan fingerprint density at radius 1 is 1.04 bits per heavy atom. The standard InChI is InChI=1S/C19H17NO3S/c1-14-13-24-19(22)20(14)11-18(21)23-12-15-7-9-17(10-8-15)16-5-3-2-4-6-16/h2-10,13H,11-12H2,1H3. The van der Waals surface area contributed by atoms with Crippen molar-refractivity contribution in [2.24, 2.45) is 0 Å². The van der Waals surface area contributed by atoms with Crippen molar-refractivity contribution in [3.05, 3.63) is 80.9 Å². The third kappa shape index (κ3) is 3.81. The van der Waals surface area contributed by atoms with Crippen LogP contribution in [0, 0.1) is 6.92 Å². The monoisotopic (exact) mass is 339 g/mol. The molecule has 1 heterocycles. The number of rotatable bonds is 5. The number of ether oxygens (including phenoxy) is 1. The summed E-state index contributed by atoms with van der Waals surface area (Å²) in [5, 5.41) is 1.73. The molecule has 0 N–H and O–H groups in total. The predicted molar refractivity (Wildman–Crippen MR) is 95.0 cm³/mol. The molecule has 0 atom stereocenters. The van der Waals surface area contributed by atoms with Crippen LogP contribution < -0.4 is 4.87 Å². The van der Waals surface area contributed by atoms with E-state index in [-0.39, 0.29) is 18.0 Å². The van der Waals surface area contributed by atoms with Crippen molar-refractivity contribution in [1.29, 1.82) is 0 Å². The van der Waals surface area contributed by atoms with Crippen molar-refractivity contribution in [3.8, 4) is 11.1 Å². The summed E-state index contributed by atoms with van der Waals surface area (Å²) >= 11 is 1.09. The van der Waals surface area contributed by atoms with Crippen molar-refractivity contribution in [2.45, 2.75) is 20.1 Å². The van der Waals surface area contributed by atoms with E-state index in [1.807, 2.05) is 42.5 Å². The largest absolute Gasteiger partial charge is 0.459 e. The van der Waals surface area contributed by atoms with E-state index in [1.54, 1.807) is 12.3 Å². The number of aryl methyl sites for hydroxylation is 1. The first-order valence-electron chi connectivity index (χ1n) is 7.58. The Bertz CT molecular complexity index is 879. The molecule has 3 aromatic rings. The lowest BCUT2D eigenvalue weighted by molar-refractivity contribution is -0.145. The second-order valence-corrected chi connectivity index (χ2v) is 6.27. The SMILES string of the molecule is Cc1csc(=O)n1CC(=O)OCc1ccc(-c2ccccc2)cc1. The first-order valence-corrected chi connectivity index (χ1v) is 8.46. The molecule has 0 bridgehead atoms. The molecule has 5 heteroatoms. The fourth-order valence-corrected chi connectivity index (χ4v) is 3.09. The van der Waals surface area contributed by atoms with Crippen LogP contribution in [0.4, 0.5) is 0 Å². The Morgan fingerprint density at radius 2 is 1.71 bits per heavy atom. The Balaban J connectivity index is 1.59. The average molecular weight is 339 g/mol. The maximum Gasteiger partial charge on any atom is 0.326 e. The zero-order valence-corrected chi connectivity index (χ0v) is 14.1. The minimum Gasteiger partial charge on any atom is -0.459 e. The minimum atomic E-state index is -0.411. The number of hydrogen-bond acceptors (Lipinski definition) is 4. The van der Waals surface area contributed by atoms with E-state index in [4.69, 9.17) is 4.74 Å². The predicted octanol–water partition coefficient (Wildman–Crippen LogP) is 3.63. The number of benzene rings is 2. The van der Waals surface area contributed by atoms with E-state index in [2.05, 4.69) is 12.1 Å². The van der Waals surface area contributed by atoms with E-state index >= 15 is 0 Å². The normalized spacial score (nSPS) is 10.5. The van der Waals surface area contributed by atoms with Crippen molar-refractivity contribution in [3.63, 3.8) is 0 Å². The lowest BCUT2D eigenvalue weighted by Crippen LogP contribution is -2.22. The summed E-state index contributed by atoms with van der Waals surface area (Å²) in [5.41, 5.74) is 3.95. The van der Waals surface area contributed by atoms with Crippen LogP contribution in [0.15, 0.2) is 64.8 Å². The Labute approximate surface area is 144 Å². The lowest BCUT2D eigenvalue weighted by Gasteiger charge is -2.07. The fraction of sp³-hybridized carbons (Fsp3) is 0.158. The Kier molecular flexibility index (Phi) is 4.91. The summed E-state index contributed by atoms with van der Waals surface area (Å²) in [5.74, 6) is -0.411. The van der Waals surface area contributed by atoms with Gasteiger partial charge in [0.15, 0.2) is 0 Å². The van der Waals surface area contributed by atoms with Gasteiger partial charge in [-0.1, -0.05) is 65.9 Å². The van der Waals surface area contributed by atoms with Crippen LogP contribution in [0.25, 0.3) is 11.1 Å². The lowest BCUT2D eigenvalue weighted by atomic mass is 10.0. The van der Waals surface area contributed by atoms with Crippen molar-refractivity contribution >= 4 is 17.3 Å². The van der Waals surface area contributed by atoms with Gasteiger partial charge in [-0.05, 0) is 23.6 Å². The summed E-state index contributed by atoms with van der Waals surface area (Å²) in [6.45, 7) is 1.95. The highest BCUT2D eigenvalue weighted by Gasteiger charge is 2.09. The van der Waals surface area contributed by atoms with Crippen LogP contribution in [-0.2, 0) is 22.7 Å². The average Bonchev–Trinajstić information content (AvgIpc) is 2.93. The molecule has 0 unspecified atom stereocenters. The third-order valence-electron chi connectivity index (χ3n) is 3.72. The van der Waals surface area contributed by atoms with Gasteiger partial charge in [-0.3, -0.25) is 14.2 Å². The molecule has 1 aromatic heterocycles. The van der Waals surface area contributed by atoms with Crippen LogP contribution in [-0.4, -0.2) is 10.5 Å².